The molecule has 88 valence electrons. The molecule has 1 rings (SSSR count). The molecule has 2 unspecified atom stereocenters. The normalized spacial score (nSPS) is 25.7. The van der Waals surface area contributed by atoms with E-state index in [0.29, 0.717) is 13.2 Å². The molecule has 2 N–H and O–H groups in total. The monoisotopic (exact) mass is 218 g/mol. The summed E-state index contributed by atoms with van der Waals surface area (Å²) in [5.41, 5.74) is 5.39. The van der Waals surface area contributed by atoms with Crippen LogP contribution in [0.3, 0.4) is 0 Å². The third kappa shape index (κ3) is 3.34. The molecule has 4 nitrogen and oxygen atoms in total. The Morgan fingerprint density at radius 2 is 2.33 bits per heavy atom. The largest absolute Gasteiger partial charge is 0.449 e. The van der Waals surface area contributed by atoms with Crippen LogP contribution >= 0.6 is 0 Å². The van der Waals surface area contributed by atoms with E-state index in [1.807, 2.05) is 6.92 Å². The molecule has 0 saturated carbocycles. The average molecular weight is 218 g/mol. The number of alkyl halides is 1. The SMILES string of the molecule is CCCCOC(=O)N1CC(F)C(CN)C1. The molecule has 5 heteroatoms. The van der Waals surface area contributed by atoms with Crippen LogP contribution in [0.25, 0.3) is 0 Å². The number of carbonyl (C=O) groups is 1. The van der Waals surface area contributed by atoms with Gasteiger partial charge in [-0.2, -0.15) is 0 Å². The highest BCUT2D eigenvalue weighted by Gasteiger charge is 2.35. The molecular weight excluding hydrogens is 199 g/mol. The predicted molar refractivity (Wildman–Crippen MR) is 55.3 cm³/mol. The van der Waals surface area contributed by atoms with E-state index in [4.69, 9.17) is 10.5 Å². The second kappa shape index (κ2) is 5.90. The van der Waals surface area contributed by atoms with E-state index in [1.165, 1.54) is 4.90 Å². The molecule has 15 heavy (non-hydrogen) atoms. The lowest BCUT2D eigenvalue weighted by atomic mass is 10.1. The first-order valence-corrected chi connectivity index (χ1v) is 5.44. The van der Waals surface area contributed by atoms with Crippen molar-refractivity contribution in [3.05, 3.63) is 0 Å². The van der Waals surface area contributed by atoms with Gasteiger partial charge in [0.2, 0.25) is 0 Å². The number of halogens is 1. The van der Waals surface area contributed by atoms with Crippen molar-refractivity contribution in [2.24, 2.45) is 11.7 Å². The van der Waals surface area contributed by atoms with Gasteiger partial charge in [0, 0.05) is 12.5 Å². The van der Waals surface area contributed by atoms with Gasteiger partial charge in [-0.25, -0.2) is 9.18 Å². The summed E-state index contributed by atoms with van der Waals surface area (Å²) in [4.78, 5) is 12.8. The van der Waals surface area contributed by atoms with Crippen LogP contribution in [-0.2, 0) is 4.74 Å². The van der Waals surface area contributed by atoms with Crippen LogP contribution < -0.4 is 5.73 Å². The lowest BCUT2D eigenvalue weighted by Gasteiger charge is -2.15. The number of amides is 1. The van der Waals surface area contributed by atoms with Crippen molar-refractivity contribution in [3.8, 4) is 0 Å². The minimum absolute atomic E-state index is 0.118. The summed E-state index contributed by atoms with van der Waals surface area (Å²) >= 11 is 0. The number of rotatable bonds is 4. The van der Waals surface area contributed by atoms with Gasteiger partial charge in [-0.15, -0.1) is 0 Å². The molecule has 0 aliphatic carbocycles. The number of carbonyl (C=O) groups excluding carboxylic acids is 1. The molecule has 1 fully saturated rings. The number of likely N-dealkylation sites (tertiary alicyclic amines) is 1. The van der Waals surface area contributed by atoms with Gasteiger partial charge in [-0.3, -0.25) is 0 Å². The van der Waals surface area contributed by atoms with Crippen molar-refractivity contribution in [1.29, 1.82) is 0 Å². The summed E-state index contributed by atoms with van der Waals surface area (Å²) in [5, 5.41) is 0. The maximum atomic E-state index is 13.3. The molecule has 0 aromatic heterocycles. The van der Waals surface area contributed by atoms with Crippen LogP contribution in [0.4, 0.5) is 9.18 Å². The summed E-state index contributed by atoms with van der Waals surface area (Å²) in [6.07, 6.45) is 0.402. The zero-order valence-electron chi connectivity index (χ0n) is 9.12. The maximum absolute atomic E-state index is 13.3. The van der Waals surface area contributed by atoms with E-state index in [0.717, 1.165) is 12.8 Å². The molecule has 0 spiro atoms. The first-order chi connectivity index (χ1) is 7.19. The predicted octanol–water partition coefficient (Wildman–Crippen LogP) is 1.15. The zero-order valence-corrected chi connectivity index (χ0v) is 9.12. The van der Waals surface area contributed by atoms with Gasteiger partial charge in [0.1, 0.15) is 6.17 Å². The Morgan fingerprint density at radius 3 is 2.87 bits per heavy atom. The molecule has 1 aliphatic heterocycles. The number of nitrogens with two attached hydrogens (primary N) is 1. The van der Waals surface area contributed by atoms with E-state index >= 15 is 0 Å². The highest BCUT2D eigenvalue weighted by atomic mass is 19.1. The van der Waals surface area contributed by atoms with Gasteiger partial charge in [-0.05, 0) is 13.0 Å². The third-order valence-electron chi connectivity index (χ3n) is 2.65. The standard InChI is InChI=1S/C10H19FN2O2/c1-2-3-4-15-10(14)13-6-8(5-12)9(11)7-13/h8-9H,2-7,12H2,1H3. The molecule has 2 atom stereocenters. The van der Waals surface area contributed by atoms with E-state index in [2.05, 4.69) is 0 Å². The summed E-state index contributed by atoms with van der Waals surface area (Å²) < 4.78 is 18.2. The highest BCUT2D eigenvalue weighted by Crippen LogP contribution is 2.19. The average Bonchev–Trinajstić information content (AvgIpc) is 2.60. The van der Waals surface area contributed by atoms with E-state index < -0.39 is 12.3 Å². The van der Waals surface area contributed by atoms with Crippen LogP contribution in [-0.4, -0.2) is 43.4 Å². The van der Waals surface area contributed by atoms with Crippen LogP contribution in [0, 0.1) is 5.92 Å². The van der Waals surface area contributed by atoms with Crippen LogP contribution in [0.15, 0.2) is 0 Å². The molecule has 0 aromatic carbocycles. The second-order valence-corrected chi connectivity index (χ2v) is 3.88. The molecule has 1 heterocycles. The van der Waals surface area contributed by atoms with Crippen LogP contribution in [0.2, 0.25) is 0 Å². The number of unbranched alkanes of at least 4 members (excludes halogenated alkanes) is 1. The molecule has 1 amide bonds. The van der Waals surface area contributed by atoms with Crippen LogP contribution in [0.1, 0.15) is 19.8 Å². The van der Waals surface area contributed by atoms with Gasteiger partial charge >= 0.3 is 6.09 Å². The van der Waals surface area contributed by atoms with Gasteiger partial charge in [0.25, 0.3) is 0 Å². The van der Waals surface area contributed by atoms with Crippen molar-refractivity contribution < 1.29 is 13.9 Å². The Hall–Kier alpha value is -0.840. The summed E-state index contributed by atoms with van der Waals surface area (Å²) in [6.45, 7) is 3.21. The first-order valence-electron chi connectivity index (χ1n) is 5.44. The fourth-order valence-corrected chi connectivity index (χ4v) is 1.60. The van der Waals surface area contributed by atoms with Crippen molar-refractivity contribution in [2.75, 3.05) is 26.2 Å². The smallest absolute Gasteiger partial charge is 0.409 e. The summed E-state index contributed by atoms with van der Waals surface area (Å²) in [5.74, 6) is -0.233. The molecule has 1 saturated heterocycles. The third-order valence-corrected chi connectivity index (χ3v) is 2.65. The quantitative estimate of drug-likeness (QED) is 0.720. The van der Waals surface area contributed by atoms with E-state index in [1.54, 1.807) is 0 Å². The molecule has 0 radical (unpaired) electrons. The molecule has 0 aromatic rings. The van der Waals surface area contributed by atoms with Gasteiger partial charge in [-0.1, -0.05) is 13.3 Å². The van der Waals surface area contributed by atoms with Crippen LogP contribution in [0.5, 0.6) is 0 Å². The van der Waals surface area contributed by atoms with Gasteiger partial charge in [0.15, 0.2) is 0 Å². The Balaban J connectivity index is 2.29. The Labute approximate surface area is 89.6 Å². The lowest BCUT2D eigenvalue weighted by Crippen LogP contribution is -2.30. The summed E-state index contributed by atoms with van der Waals surface area (Å²) in [7, 11) is 0. The zero-order chi connectivity index (χ0) is 11.3. The Morgan fingerprint density at radius 1 is 1.60 bits per heavy atom. The fourth-order valence-electron chi connectivity index (χ4n) is 1.60. The summed E-state index contributed by atoms with van der Waals surface area (Å²) in [6, 6.07) is 0. The Bertz CT molecular complexity index is 214. The molecular formula is C10H19FN2O2. The maximum Gasteiger partial charge on any atom is 0.409 e. The highest BCUT2D eigenvalue weighted by molar-refractivity contribution is 5.68. The first kappa shape index (κ1) is 12.2. The number of ether oxygens (including phenoxy) is 1. The second-order valence-electron chi connectivity index (χ2n) is 3.88. The lowest BCUT2D eigenvalue weighted by molar-refractivity contribution is 0.106. The van der Waals surface area contributed by atoms with E-state index in [9.17, 15) is 9.18 Å². The van der Waals surface area contributed by atoms with Crippen molar-refractivity contribution in [3.63, 3.8) is 0 Å². The number of nitrogens with zero attached hydrogens (tertiary/aromatic N) is 1. The number of hydrogen-bond donors (Lipinski definition) is 1. The minimum atomic E-state index is -1.01. The van der Waals surface area contributed by atoms with Crippen molar-refractivity contribution in [1.82, 2.24) is 4.90 Å². The fraction of sp³-hybridized carbons (Fsp3) is 0.900. The van der Waals surface area contributed by atoms with Gasteiger partial charge in [0.05, 0.1) is 13.2 Å². The van der Waals surface area contributed by atoms with Gasteiger partial charge < -0.3 is 15.4 Å². The van der Waals surface area contributed by atoms with Crippen molar-refractivity contribution in [2.45, 2.75) is 25.9 Å². The van der Waals surface area contributed by atoms with Crippen molar-refractivity contribution >= 4 is 6.09 Å². The topological polar surface area (TPSA) is 55.6 Å². The molecule has 0 bridgehead atoms. The number of hydrogen-bond acceptors (Lipinski definition) is 3. The Kier molecular flexibility index (Phi) is 4.81. The molecule has 1 aliphatic rings. The van der Waals surface area contributed by atoms with E-state index in [-0.39, 0.29) is 19.0 Å². The minimum Gasteiger partial charge on any atom is -0.449 e.